The Kier molecular flexibility index (Phi) is 4.25. The van der Waals surface area contributed by atoms with Crippen molar-refractivity contribution in [3.8, 4) is 0 Å². The van der Waals surface area contributed by atoms with Crippen LogP contribution in [0.1, 0.15) is 90.9 Å². The van der Waals surface area contributed by atoms with Gasteiger partial charge in [0.15, 0.2) is 0 Å². The summed E-state index contributed by atoms with van der Waals surface area (Å²) in [5.41, 5.74) is 0.692. The Labute approximate surface area is 120 Å². The lowest BCUT2D eigenvalue weighted by Crippen LogP contribution is -2.33. The lowest BCUT2D eigenvalue weighted by Gasteiger charge is -2.43. The van der Waals surface area contributed by atoms with Gasteiger partial charge in [-0.05, 0) is 74.0 Å². The second-order valence-corrected chi connectivity index (χ2v) is 8.43. The van der Waals surface area contributed by atoms with E-state index in [4.69, 9.17) is 0 Å². The molecule has 19 heavy (non-hydrogen) atoms. The van der Waals surface area contributed by atoms with Crippen LogP contribution < -0.4 is 0 Å². The van der Waals surface area contributed by atoms with Gasteiger partial charge < -0.3 is 0 Å². The molecule has 0 heterocycles. The zero-order valence-electron chi connectivity index (χ0n) is 13.3. The zero-order chi connectivity index (χ0) is 13.3. The van der Waals surface area contributed by atoms with Gasteiger partial charge >= 0.3 is 0 Å². The normalized spacial score (nSPS) is 47.1. The Morgan fingerprint density at radius 2 is 1.26 bits per heavy atom. The smallest absolute Gasteiger partial charge is 0.0326 e. The molecule has 0 N–H and O–H groups in total. The van der Waals surface area contributed by atoms with Crippen molar-refractivity contribution in [1.82, 2.24) is 0 Å². The van der Waals surface area contributed by atoms with Crippen molar-refractivity contribution in [2.75, 3.05) is 0 Å². The summed E-state index contributed by atoms with van der Waals surface area (Å²) < 4.78 is 0. The summed E-state index contributed by atoms with van der Waals surface area (Å²) in [6, 6.07) is 0. The van der Waals surface area contributed by atoms with E-state index in [1.54, 1.807) is 38.5 Å². The average molecular weight is 262 g/mol. The van der Waals surface area contributed by atoms with Crippen molar-refractivity contribution in [2.45, 2.75) is 90.9 Å². The maximum absolute atomic E-state index is 2.58. The molecular formula is C19H34. The highest BCUT2D eigenvalue weighted by molar-refractivity contribution is 4.92. The quantitative estimate of drug-likeness (QED) is 0.556. The first kappa shape index (κ1) is 14.0. The molecule has 0 nitrogen and oxygen atoms in total. The lowest BCUT2D eigenvalue weighted by atomic mass is 9.62. The second kappa shape index (κ2) is 5.78. The molecule has 3 aliphatic rings. The van der Waals surface area contributed by atoms with Crippen LogP contribution in [0, 0.1) is 29.1 Å². The number of hydrogen-bond acceptors (Lipinski definition) is 0. The Morgan fingerprint density at radius 3 is 1.74 bits per heavy atom. The minimum atomic E-state index is 0.692. The molecule has 0 bridgehead atoms. The fraction of sp³-hybridized carbons (Fsp3) is 1.00. The van der Waals surface area contributed by atoms with Crippen LogP contribution in [-0.4, -0.2) is 0 Å². The molecule has 0 heteroatoms. The van der Waals surface area contributed by atoms with E-state index in [0.29, 0.717) is 5.41 Å². The minimum absolute atomic E-state index is 0.692. The van der Waals surface area contributed by atoms with Crippen LogP contribution >= 0.6 is 0 Å². The molecule has 4 unspecified atom stereocenters. The molecule has 0 aliphatic heterocycles. The fourth-order valence-corrected chi connectivity index (χ4v) is 5.82. The molecule has 0 aromatic heterocycles. The van der Waals surface area contributed by atoms with Crippen molar-refractivity contribution >= 4 is 0 Å². The predicted molar refractivity (Wildman–Crippen MR) is 83.1 cm³/mol. The Balaban J connectivity index is 1.65. The van der Waals surface area contributed by atoms with Gasteiger partial charge in [-0.2, -0.15) is 0 Å². The molecule has 0 saturated heterocycles. The average Bonchev–Trinajstić information content (AvgIpc) is 2.57. The van der Waals surface area contributed by atoms with Gasteiger partial charge in [0.2, 0.25) is 0 Å². The van der Waals surface area contributed by atoms with Crippen LogP contribution in [0.25, 0.3) is 0 Å². The number of hydrogen-bond donors (Lipinski definition) is 0. The molecule has 3 fully saturated rings. The zero-order valence-corrected chi connectivity index (χ0v) is 13.3. The van der Waals surface area contributed by atoms with Crippen LogP contribution in [0.2, 0.25) is 0 Å². The molecular weight excluding hydrogens is 228 g/mol. The molecule has 0 spiro atoms. The van der Waals surface area contributed by atoms with Crippen molar-refractivity contribution in [1.29, 1.82) is 0 Å². The van der Waals surface area contributed by atoms with Crippen LogP contribution in [0.4, 0.5) is 0 Å². The van der Waals surface area contributed by atoms with E-state index in [1.807, 2.05) is 0 Å². The molecule has 3 saturated carbocycles. The van der Waals surface area contributed by atoms with Crippen molar-refractivity contribution in [3.63, 3.8) is 0 Å². The minimum Gasteiger partial charge on any atom is -0.0654 e. The first-order chi connectivity index (χ1) is 9.20. The van der Waals surface area contributed by atoms with Crippen LogP contribution in [0.3, 0.4) is 0 Å². The fourth-order valence-electron chi connectivity index (χ4n) is 5.82. The highest BCUT2D eigenvalue weighted by atomic mass is 14.5. The topological polar surface area (TPSA) is 0 Å². The van der Waals surface area contributed by atoms with Crippen molar-refractivity contribution in [2.24, 2.45) is 29.1 Å². The summed E-state index contributed by atoms with van der Waals surface area (Å²) in [7, 11) is 0. The third kappa shape index (κ3) is 3.03. The summed E-state index contributed by atoms with van der Waals surface area (Å²) >= 11 is 0. The molecule has 3 rings (SSSR count). The van der Waals surface area contributed by atoms with E-state index in [9.17, 15) is 0 Å². The van der Waals surface area contributed by atoms with Gasteiger partial charge in [0.1, 0.15) is 0 Å². The van der Waals surface area contributed by atoms with Crippen LogP contribution in [0.15, 0.2) is 0 Å². The summed E-state index contributed by atoms with van der Waals surface area (Å²) in [5.74, 6) is 4.48. The highest BCUT2D eigenvalue weighted by Gasteiger charge is 2.41. The van der Waals surface area contributed by atoms with Gasteiger partial charge in [0.25, 0.3) is 0 Å². The molecule has 0 amide bonds. The first-order valence-electron chi connectivity index (χ1n) is 9.20. The van der Waals surface area contributed by atoms with Gasteiger partial charge in [-0.25, -0.2) is 0 Å². The summed E-state index contributed by atoms with van der Waals surface area (Å²) in [4.78, 5) is 0. The molecule has 0 aromatic carbocycles. The Bertz CT molecular complexity index is 268. The van der Waals surface area contributed by atoms with Crippen LogP contribution in [0.5, 0.6) is 0 Å². The third-order valence-corrected chi connectivity index (χ3v) is 7.04. The molecule has 0 radical (unpaired) electrons. The maximum Gasteiger partial charge on any atom is -0.0326 e. The van der Waals surface area contributed by atoms with E-state index in [-0.39, 0.29) is 0 Å². The van der Waals surface area contributed by atoms with E-state index in [2.05, 4.69) is 13.8 Å². The predicted octanol–water partition coefficient (Wildman–Crippen LogP) is 6.20. The largest absolute Gasteiger partial charge is 0.0654 e. The third-order valence-electron chi connectivity index (χ3n) is 7.04. The monoisotopic (exact) mass is 262 g/mol. The number of fused-ring (bicyclic) bond motifs is 2. The van der Waals surface area contributed by atoms with Gasteiger partial charge in [0.05, 0.1) is 0 Å². The Morgan fingerprint density at radius 1 is 0.789 bits per heavy atom. The van der Waals surface area contributed by atoms with E-state index >= 15 is 0 Å². The van der Waals surface area contributed by atoms with Gasteiger partial charge in [0, 0.05) is 0 Å². The second-order valence-electron chi connectivity index (χ2n) is 8.43. The number of rotatable bonds is 2. The summed E-state index contributed by atoms with van der Waals surface area (Å²) in [6.07, 6.45) is 18.5. The first-order valence-corrected chi connectivity index (χ1v) is 9.20. The van der Waals surface area contributed by atoms with Gasteiger partial charge in [-0.1, -0.05) is 46.0 Å². The van der Waals surface area contributed by atoms with Gasteiger partial charge in [-0.3, -0.25) is 0 Å². The molecule has 3 aliphatic carbocycles. The van der Waals surface area contributed by atoms with E-state index in [0.717, 1.165) is 23.7 Å². The van der Waals surface area contributed by atoms with Crippen molar-refractivity contribution < 1.29 is 0 Å². The van der Waals surface area contributed by atoms with Gasteiger partial charge in [-0.15, -0.1) is 0 Å². The standard InChI is InChI=1S/C19H34/c1-3-10-19(2)11-8-17-13-15-6-4-5-7-16(15)14-18(17)9-12-19/h15-18H,3-14H2,1-2H3. The van der Waals surface area contributed by atoms with Crippen LogP contribution in [-0.2, 0) is 0 Å². The molecule has 110 valence electrons. The van der Waals surface area contributed by atoms with E-state index < -0.39 is 0 Å². The lowest BCUT2D eigenvalue weighted by molar-refractivity contribution is 0.0734. The SMILES string of the molecule is CCCC1(C)CCC2CC3CCCCC3CC2CC1. The Hall–Kier alpha value is 0. The summed E-state index contributed by atoms with van der Waals surface area (Å²) in [5, 5.41) is 0. The van der Waals surface area contributed by atoms with Crippen molar-refractivity contribution in [3.05, 3.63) is 0 Å². The molecule has 0 aromatic rings. The van der Waals surface area contributed by atoms with E-state index in [1.165, 1.54) is 38.5 Å². The molecule has 4 atom stereocenters. The highest BCUT2D eigenvalue weighted by Crippen LogP contribution is 2.52. The summed E-state index contributed by atoms with van der Waals surface area (Å²) in [6.45, 7) is 4.96. The maximum atomic E-state index is 2.58.